The summed E-state index contributed by atoms with van der Waals surface area (Å²) in [6.07, 6.45) is 4.99. The molecular formula is C26H37N5O. The minimum atomic E-state index is 0.528. The lowest BCUT2D eigenvalue weighted by molar-refractivity contribution is 0.0545. The van der Waals surface area contributed by atoms with Crippen LogP contribution in [0.15, 0.2) is 36.4 Å². The second-order valence-electron chi connectivity index (χ2n) is 10.3. The third-order valence-corrected chi connectivity index (χ3v) is 7.45. The highest BCUT2D eigenvalue weighted by Crippen LogP contribution is 2.39. The van der Waals surface area contributed by atoms with E-state index in [4.69, 9.17) is 4.74 Å². The minimum Gasteiger partial charge on any atom is -0.381 e. The molecule has 2 aliphatic heterocycles. The molecule has 1 aromatic carbocycles. The van der Waals surface area contributed by atoms with E-state index in [9.17, 15) is 0 Å². The Hall–Kier alpha value is -2.02. The molecule has 2 saturated heterocycles. The summed E-state index contributed by atoms with van der Waals surface area (Å²) in [6, 6.07) is 13.3. The first kappa shape index (κ1) is 21.8. The maximum atomic E-state index is 5.52. The van der Waals surface area contributed by atoms with Crippen molar-refractivity contribution in [3.63, 3.8) is 0 Å². The number of rotatable bonds is 7. The lowest BCUT2D eigenvalue weighted by atomic mass is 10.00. The zero-order valence-corrected chi connectivity index (χ0v) is 19.5. The van der Waals surface area contributed by atoms with Gasteiger partial charge in [-0.15, -0.1) is 10.2 Å². The molecule has 1 aliphatic carbocycles. The molecule has 5 rings (SSSR count). The van der Waals surface area contributed by atoms with Crippen molar-refractivity contribution >= 4 is 5.82 Å². The maximum Gasteiger partial charge on any atom is 0.148 e. The molecule has 1 saturated carbocycles. The first-order valence-corrected chi connectivity index (χ1v) is 12.3. The van der Waals surface area contributed by atoms with Crippen LogP contribution in [0.2, 0.25) is 0 Å². The lowest BCUT2D eigenvalue weighted by Gasteiger charge is -2.27. The van der Waals surface area contributed by atoms with E-state index < -0.39 is 0 Å². The molecule has 2 aromatic rings. The molecule has 3 heterocycles. The van der Waals surface area contributed by atoms with Gasteiger partial charge in [-0.1, -0.05) is 24.3 Å². The third kappa shape index (κ3) is 5.30. The quantitative estimate of drug-likeness (QED) is 0.715. The van der Waals surface area contributed by atoms with Gasteiger partial charge >= 0.3 is 0 Å². The molecule has 0 bridgehead atoms. The lowest BCUT2D eigenvalue weighted by Crippen LogP contribution is -2.32. The first-order chi connectivity index (χ1) is 15.6. The Bertz CT molecular complexity index is 849. The largest absolute Gasteiger partial charge is 0.381 e. The average molecular weight is 436 g/mol. The fourth-order valence-electron chi connectivity index (χ4n) is 5.88. The SMILES string of the molecule is CN(C)Cc1ccc(-c2ccc(N[C@H]3C[C@@H]4CN(CC5CCOCC5)C[C@@H]4C3)nn2)cc1. The molecule has 32 heavy (non-hydrogen) atoms. The fraction of sp³-hybridized carbons (Fsp3) is 0.615. The molecule has 172 valence electrons. The van der Waals surface area contributed by atoms with E-state index in [1.807, 2.05) is 0 Å². The molecule has 0 amide bonds. The number of aromatic nitrogens is 2. The fourth-order valence-corrected chi connectivity index (χ4v) is 5.88. The van der Waals surface area contributed by atoms with Gasteiger partial charge in [-0.25, -0.2) is 0 Å². The molecule has 3 atom stereocenters. The number of likely N-dealkylation sites (tertiary alicyclic amines) is 1. The van der Waals surface area contributed by atoms with Gasteiger partial charge in [-0.05, 0) is 75.2 Å². The number of fused-ring (bicyclic) bond motifs is 1. The summed E-state index contributed by atoms with van der Waals surface area (Å²) < 4.78 is 5.52. The van der Waals surface area contributed by atoms with Crippen LogP contribution in [0.5, 0.6) is 0 Å². The number of benzene rings is 1. The van der Waals surface area contributed by atoms with Gasteiger partial charge in [0.15, 0.2) is 0 Å². The summed E-state index contributed by atoms with van der Waals surface area (Å²) in [5.41, 5.74) is 3.36. The molecule has 0 radical (unpaired) electrons. The van der Waals surface area contributed by atoms with Gasteiger partial charge in [-0.3, -0.25) is 0 Å². The predicted octanol–water partition coefficient (Wildman–Crippen LogP) is 3.75. The van der Waals surface area contributed by atoms with Gasteiger partial charge in [0.05, 0.1) is 5.69 Å². The predicted molar refractivity (Wildman–Crippen MR) is 128 cm³/mol. The number of hydrogen-bond donors (Lipinski definition) is 1. The standard InChI is InChI=1S/C26H37N5O/c1-30(2)15-19-3-5-21(6-4-19)25-7-8-26(29-28-25)27-24-13-22-17-31(18-23(22)14-24)16-20-9-11-32-12-10-20/h3-8,20,22-24H,9-18H2,1-2H3,(H,27,29)/t22-,23+,24+. The van der Waals surface area contributed by atoms with Crippen molar-refractivity contribution in [2.75, 3.05) is 52.3 Å². The second kappa shape index (κ2) is 9.86. The summed E-state index contributed by atoms with van der Waals surface area (Å²) in [4.78, 5) is 4.90. The topological polar surface area (TPSA) is 53.5 Å². The molecule has 1 aromatic heterocycles. The van der Waals surface area contributed by atoms with E-state index in [1.54, 1.807) is 0 Å². The van der Waals surface area contributed by atoms with Gasteiger partial charge in [0, 0.05) is 51.0 Å². The number of nitrogens with one attached hydrogen (secondary N) is 1. The van der Waals surface area contributed by atoms with E-state index in [2.05, 4.69) is 75.8 Å². The van der Waals surface area contributed by atoms with Crippen molar-refractivity contribution in [2.45, 2.75) is 38.3 Å². The zero-order chi connectivity index (χ0) is 21.9. The van der Waals surface area contributed by atoms with Crippen LogP contribution in [0.3, 0.4) is 0 Å². The summed E-state index contributed by atoms with van der Waals surface area (Å²) in [7, 11) is 4.18. The first-order valence-electron chi connectivity index (χ1n) is 12.3. The van der Waals surface area contributed by atoms with Crippen molar-refractivity contribution in [1.29, 1.82) is 0 Å². The number of ether oxygens (including phenoxy) is 1. The Labute approximate surface area is 192 Å². The summed E-state index contributed by atoms with van der Waals surface area (Å²) in [5.74, 6) is 3.41. The monoisotopic (exact) mass is 435 g/mol. The van der Waals surface area contributed by atoms with Crippen molar-refractivity contribution in [3.05, 3.63) is 42.0 Å². The van der Waals surface area contributed by atoms with E-state index >= 15 is 0 Å². The van der Waals surface area contributed by atoms with Crippen LogP contribution in [0.4, 0.5) is 5.82 Å². The van der Waals surface area contributed by atoms with Crippen LogP contribution in [0.25, 0.3) is 11.3 Å². The molecular weight excluding hydrogens is 398 g/mol. The Morgan fingerprint density at radius 3 is 2.31 bits per heavy atom. The van der Waals surface area contributed by atoms with Crippen LogP contribution < -0.4 is 5.32 Å². The highest BCUT2D eigenvalue weighted by molar-refractivity contribution is 5.60. The Kier molecular flexibility index (Phi) is 6.72. The van der Waals surface area contributed by atoms with Crippen LogP contribution in [0, 0.1) is 17.8 Å². The second-order valence-corrected chi connectivity index (χ2v) is 10.3. The van der Waals surface area contributed by atoms with E-state index in [0.717, 1.165) is 54.6 Å². The normalized spacial score (nSPS) is 26.5. The summed E-state index contributed by atoms with van der Waals surface area (Å²) >= 11 is 0. The van der Waals surface area contributed by atoms with Gasteiger partial charge in [-0.2, -0.15) is 0 Å². The summed E-state index contributed by atoms with van der Waals surface area (Å²) in [5, 5.41) is 12.6. The van der Waals surface area contributed by atoms with Crippen molar-refractivity contribution < 1.29 is 4.74 Å². The molecule has 3 aliphatic rings. The smallest absolute Gasteiger partial charge is 0.148 e. The van der Waals surface area contributed by atoms with Gasteiger partial charge < -0.3 is 19.9 Å². The highest BCUT2D eigenvalue weighted by atomic mass is 16.5. The molecule has 6 heteroatoms. The summed E-state index contributed by atoms with van der Waals surface area (Å²) in [6.45, 7) is 6.68. The van der Waals surface area contributed by atoms with Crippen LogP contribution in [0.1, 0.15) is 31.2 Å². The van der Waals surface area contributed by atoms with E-state index in [0.29, 0.717) is 6.04 Å². The van der Waals surface area contributed by atoms with Crippen molar-refractivity contribution in [2.24, 2.45) is 17.8 Å². The molecule has 0 unspecified atom stereocenters. The number of anilines is 1. The van der Waals surface area contributed by atoms with Gasteiger partial charge in [0.1, 0.15) is 5.82 Å². The van der Waals surface area contributed by atoms with E-state index in [-0.39, 0.29) is 0 Å². The highest BCUT2D eigenvalue weighted by Gasteiger charge is 2.41. The third-order valence-electron chi connectivity index (χ3n) is 7.45. The van der Waals surface area contributed by atoms with Crippen molar-refractivity contribution in [3.8, 4) is 11.3 Å². The molecule has 0 spiro atoms. The van der Waals surface area contributed by atoms with Crippen LogP contribution in [-0.4, -0.2) is 73.0 Å². The Morgan fingerprint density at radius 1 is 0.969 bits per heavy atom. The number of hydrogen-bond acceptors (Lipinski definition) is 6. The average Bonchev–Trinajstić information content (AvgIpc) is 3.33. The minimum absolute atomic E-state index is 0.528. The maximum absolute atomic E-state index is 5.52. The van der Waals surface area contributed by atoms with Crippen molar-refractivity contribution in [1.82, 2.24) is 20.0 Å². The molecule has 6 nitrogen and oxygen atoms in total. The Morgan fingerprint density at radius 2 is 1.69 bits per heavy atom. The van der Waals surface area contributed by atoms with Crippen LogP contribution in [-0.2, 0) is 11.3 Å². The van der Waals surface area contributed by atoms with Crippen LogP contribution >= 0.6 is 0 Å². The molecule has 1 N–H and O–H groups in total. The molecule has 3 fully saturated rings. The van der Waals surface area contributed by atoms with Gasteiger partial charge in [0.25, 0.3) is 0 Å². The zero-order valence-electron chi connectivity index (χ0n) is 19.5. The van der Waals surface area contributed by atoms with Gasteiger partial charge in [0.2, 0.25) is 0 Å². The number of nitrogens with zero attached hydrogens (tertiary/aromatic N) is 4. The van der Waals surface area contributed by atoms with E-state index in [1.165, 1.54) is 50.9 Å². The Balaban J connectivity index is 1.11.